The Morgan fingerprint density at radius 2 is 1.32 bits per heavy atom. The van der Waals surface area contributed by atoms with Crippen molar-refractivity contribution in [2.24, 2.45) is 0 Å². The molecule has 0 radical (unpaired) electrons. The van der Waals surface area contributed by atoms with Crippen LogP contribution < -0.4 is 9.80 Å². The van der Waals surface area contributed by atoms with E-state index in [0.717, 1.165) is 50.9 Å². The third-order valence-corrected chi connectivity index (χ3v) is 6.71. The van der Waals surface area contributed by atoms with Crippen molar-refractivity contribution in [3.8, 4) is 17.0 Å². The number of aromatic hydroxyl groups is 1. The summed E-state index contributed by atoms with van der Waals surface area (Å²) in [6, 6.07) is 40.6. The summed E-state index contributed by atoms with van der Waals surface area (Å²) in [4.78, 5) is 14.0. The molecule has 6 aromatic rings. The molecule has 176 valence electrons. The smallest absolute Gasteiger partial charge is 0.141 e. The summed E-state index contributed by atoms with van der Waals surface area (Å²) < 4.78 is 0. The Kier molecular flexibility index (Phi) is 4.86. The van der Waals surface area contributed by atoms with Crippen LogP contribution in [-0.4, -0.2) is 15.1 Å². The number of aromatic nitrogens is 2. The van der Waals surface area contributed by atoms with Crippen molar-refractivity contribution < 1.29 is 5.11 Å². The lowest BCUT2D eigenvalue weighted by atomic mass is 10.0. The summed E-state index contributed by atoms with van der Waals surface area (Å²) in [6.07, 6.45) is 1.82. The minimum absolute atomic E-state index is 0.177. The van der Waals surface area contributed by atoms with Crippen LogP contribution in [0.5, 0.6) is 5.75 Å². The van der Waals surface area contributed by atoms with Crippen LogP contribution in [0.15, 0.2) is 128 Å². The summed E-state index contributed by atoms with van der Waals surface area (Å²) in [5.41, 5.74) is 7.59. The normalized spacial score (nSPS) is 12.3. The zero-order chi connectivity index (χ0) is 24.8. The first-order chi connectivity index (χ1) is 18.3. The topological polar surface area (TPSA) is 52.5 Å². The van der Waals surface area contributed by atoms with E-state index in [4.69, 9.17) is 9.97 Å². The summed E-state index contributed by atoms with van der Waals surface area (Å²) in [5.74, 6) is 1.02. The monoisotopic (exact) mass is 478 g/mol. The molecular weight excluding hydrogens is 456 g/mol. The molecule has 0 spiro atoms. The van der Waals surface area contributed by atoms with Crippen molar-refractivity contribution in [2.45, 2.75) is 0 Å². The number of fused-ring (bicyclic) bond motifs is 3. The Bertz CT molecular complexity index is 1750. The van der Waals surface area contributed by atoms with Crippen molar-refractivity contribution in [2.75, 3.05) is 9.80 Å². The summed E-state index contributed by atoms with van der Waals surface area (Å²) in [5, 5.41) is 11.3. The Hall–Kier alpha value is -5.16. The van der Waals surface area contributed by atoms with Gasteiger partial charge in [-0.1, -0.05) is 60.7 Å². The molecule has 0 bridgehead atoms. The van der Waals surface area contributed by atoms with E-state index in [2.05, 4.69) is 76.5 Å². The zero-order valence-electron chi connectivity index (χ0n) is 19.9. The van der Waals surface area contributed by atoms with Gasteiger partial charge in [-0.15, -0.1) is 0 Å². The van der Waals surface area contributed by atoms with Crippen LogP contribution in [0.3, 0.4) is 0 Å². The van der Waals surface area contributed by atoms with Crippen LogP contribution in [0.25, 0.3) is 22.2 Å². The summed E-state index contributed by atoms with van der Waals surface area (Å²) in [6.45, 7) is 0. The van der Waals surface area contributed by atoms with E-state index in [1.807, 2.05) is 54.7 Å². The second-order valence-corrected chi connectivity index (χ2v) is 8.93. The van der Waals surface area contributed by atoms with Gasteiger partial charge in [0.15, 0.2) is 0 Å². The molecule has 0 fully saturated rings. The number of pyridine rings is 2. The average Bonchev–Trinajstić information content (AvgIpc) is 2.96. The second kappa shape index (κ2) is 8.50. The van der Waals surface area contributed by atoms with E-state index in [0.29, 0.717) is 5.52 Å². The Morgan fingerprint density at radius 3 is 2.14 bits per heavy atom. The first kappa shape index (κ1) is 21.1. The maximum Gasteiger partial charge on any atom is 0.141 e. The van der Waals surface area contributed by atoms with Gasteiger partial charge in [0, 0.05) is 22.8 Å². The number of hydrogen-bond acceptors (Lipinski definition) is 5. The molecular formula is C32H22N4O. The lowest BCUT2D eigenvalue weighted by Crippen LogP contribution is -2.24. The maximum atomic E-state index is 10.4. The third kappa shape index (κ3) is 3.48. The molecule has 3 heterocycles. The van der Waals surface area contributed by atoms with Gasteiger partial charge in [-0.05, 0) is 60.7 Å². The second-order valence-electron chi connectivity index (χ2n) is 8.93. The predicted octanol–water partition coefficient (Wildman–Crippen LogP) is 8.26. The van der Waals surface area contributed by atoms with Gasteiger partial charge in [-0.25, -0.2) is 9.97 Å². The van der Waals surface area contributed by atoms with Crippen molar-refractivity contribution in [1.29, 1.82) is 0 Å². The zero-order valence-corrected chi connectivity index (χ0v) is 19.9. The number of para-hydroxylation sites is 4. The predicted molar refractivity (Wildman–Crippen MR) is 150 cm³/mol. The number of rotatable bonds is 3. The number of anilines is 6. The van der Waals surface area contributed by atoms with E-state index in [1.54, 1.807) is 6.07 Å². The molecule has 1 aliphatic heterocycles. The SMILES string of the molecule is Oc1cccc2ccc(-c3ccc4c(c3)N(c3ccccn3)c3ccccc3N4c3ccccc3)nc12. The standard InChI is InChI=1S/C32H22N4O/c37-30-14-8-9-22-16-18-25(34-32(22)30)23-17-19-28-29(21-23)36(31-15-6-7-20-33-31)27-13-5-4-12-26(27)35(28)24-10-2-1-3-11-24/h1-21,37H. The van der Waals surface area contributed by atoms with Crippen LogP contribution in [0.4, 0.5) is 34.3 Å². The molecule has 1 aliphatic rings. The lowest BCUT2D eigenvalue weighted by Gasteiger charge is -2.40. The molecule has 4 aromatic carbocycles. The van der Waals surface area contributed by atoms with Gasteiger partial charge in [0.2, 0.25) is 0 Å². The average molecular weight is 479 g/mol. The minimum Gasteiger partial charge on any atom is -0.506 e. The number of hydrogen-bond donors (Lipinski definition) is 1. The van der Waals surface area contributed by atoms with Crippen LogP contribution in [0, 0.1) is 0 Å². The van der Waals surface area contributed by atoms with Gasteiger partial charge < -0.3 is 10.0 Å². The minimum atomic E-state index is 0.177. The quantitative estimate of drug-likeness (QED) is 0.277. The van der Waals surface area contributed by atoms with Crippen molar-refractivity contribution in [3.05, 3.63) is 128 Å². The fourth-order valence-electron chi connectivity index (χ4n) is 5.03. The van der Waals surface area contributed by atoms with Gasteiger partial charge >= 0.3 is 0 Å². The highest BCUT2D eigenvalue weighted by Gasteiger charge is 2.31. The fraction of sp³-hybridized carbons (Fsp3) is 0. The molecule has 0 unspecified atom stereocenters. The van der Waals surface area contributed by atoms with Crippen LogP contribution in [-0.2, 0) is 0 Å². The molecule has 0 amide bonds. The maximum absolute atomic E-state index is 10.4. The summed E-state index contributed by atoms with van der Waals surface area (Å²) in [7, 11) is 0. The Morgan fingerprint density at radius 1 is 0.568 bits per heavy atom. The van der Waals surface area contributed by atoms with Crippen molar-refractivity contribution >= 4 is 45.2 Å². The first-order valence-corrected chi connectivity index (χ1v) is 12.2. The molecule has 5 nitrogen and oxygen atoms in total. The number of phenolic OH excluding ortho intramolecular Hbond substituents is 1. The highest BCUT2D eigenvalue weighted by atomic mass is 16.3. The van der Waals surface area contributed by atoms with Gasteiger partial charge in [-0.3, -0.25) is 4.90 Å². The van der Waals surface area contributed by atoms with Gasteiger partial charge in [0.05, 0.1) is 28.4 Å². The van der Waals surface area contributed by atoms with E-state index >= 15 is 0 Å². The number of nitrogens with zero attached hydrogens (tertiary/aromatic N) is 4. The highest BCUT2D eigenvalue weighted by molar-refractivity contribution is 6.02. The third-order valence-electron chi connectivity index (χ3n) is 6.71. The molecule has 2 aromatic heterocycles. The Labute approximate surface area is 214 Å². The van der Waals surface area contributed by atoms with Crippen LogP contribution in [0.2, 0.25) is 0 Å². The van der Waals surface area contributed by atoms with E-state index < -0.39 is 0 Å². The molecule has 7 rings (SSSR count). The molecule has 37 heavy (non-hydrogen) atoms. The highest BCUT2D eigenvalue weighted by Crippen LogP contribution is 2.54. The Balaban J connectivity index is 1.48. The van der Waals surface area contributed by atoms with Crippen molar-refractivity contribution in [3.63, 3.8) is 0 Å². The molecule has 1 N–H and O–H groups in total. The fourth-order valence-corrected chi connectivity index (χ4v) is 5.03. The van der Waals surface area contributed by atoms with Crippen LogP contribution >= 0.6 is 0 Å². The molecule has 5 heteroatoms. The molecule has 0 aliphatic carbocycles. The number of benzene rings is 4. The van der Waals surface area contributed by atoms with E-state index in [9.17, 15) is 5.11 Å². The van der Waals surface area contributed by atoms with Crippen LogP contribution in [0.1, 0.15) is 0 Å². The van der Waals surface area contributed by atoms with Gasteiger partial charge in [0.1, 0.15) is 17.1 Å². The largest absolute Gasteiger partial charge is 0.506 e. The molecule has 0 saturated carbocycles. The van der Waals surface area contributed by atoms with Crippen molar-refractivity contribution in [1.82, 2.24) is 9.97 Å². The van der Waals surface area contributed by atoms with Gasteiger partial charge in [0.25, 0.3) is 0 Å². The van der Waals surface area contributed by atoms with Gasteiger partial charge in [-0.2, -0.15) is 0 Å². The number of phenols is 1. The lowest BCUT2D eigenvalue weighted by molar-refractivity contribution is 0.480. The summed E-state index contributed by atoms with van der Waals surface area (Å²) >= 11 is 0. The van der Waals surface area contributed by atoms with E-state index in [-0.39, 0.29) is 5.75 Å². The molecule has 0 atom stereocenters. The molecule has 0 saturated heterocycles. The first-order valence-electron chi connectivity index (χ1n) is 12.2. The van der Waals surface area contributed by atoms with E-state index in [1.165, 1.54) is 0 Å².